The van der Waals surface area contributed by atoms with Crippen LogP contribution >= 0.6 is 0 Å². The van der Waals surface area contributed by atoms with Crippen molar-refractivity contribution in [3.8, 4) is 0 Å². The summed E-state index contributed by atoms with van der Waals surface area (Å²) in [5.74, 6) is 0.814. The van der Waals surface area contributed by atoms with E-state index in [0.29, 0.717) is 5.25 Å². The lowest BCUT2D eigenvalue weighted by atomic mass is 10.1. The summed E-state index contributed by atoms with van der Waals surface area (Å²) in [7, 11) is -0.577. The summed E-state index contributed by atoms with van der Waals surface area (Å²) in [6.07, 6.45) is 6.31. The number of hydrogen-bond acceptors (Lipinski definition) is 1. The topological polar surface area (TPSA) is 17.1 Å². The van der Waals surface area contributed by atoms with Crippen molar-refractivity contribution < 1.29 is 4.21 Å². The molecular weight excluding hydrogens is 168 g/mol. The quantitative estimate of drug-likeness (QED) is 0.564. The number of hydrogen-bond donors (Lipinski definition) is 0. The fourth-order valence-electron chi connectivity index (χ4n) is 1.27. The second kappa shape index (κ2) is 7.78. The lowest BCUT2D eigenvalue weighted by Crippen LogP contribution is -2.12. The van der Waals surface area contributed by atoms with Crippen LogP contribution in [0.5, 0.6) is 0 Å². The van der Waals surface area contributed by atoms with Crippen molar-refractivity contribution in [1.82, 2.24) is 0 Å². The molecule has 0 aliphatic carbocycles. The van der Waals surface area contributed by atoms with Crippen LogP contribution in [0.3, 0.4) is 0 Å². The minimum atomic E-state index is -0.577. The summed E-state index contributed by atoms with van der Waals surface area (Å²) in [5, 5.41) is 0.409. The van der Waals surface area contributed by atoms with E-state index in [2.05, 4.69) is 13.8 Å². The molecular formula is C10H22OS. The predicted octanol–water partition coefficient (Wildman–Crippen LogP) is 3.11. The minimum Gasteiger partial charge on any atom is -0.259 e. The van der Waals surface area contributed by atoms with Crippen molar-refractivity contribution >= 4 is 10.8 Å². The Morgan fingerprint density at radius 1 is 1.17 bits per heavy atom. The molecule has 0 N–H and O–H groups in total. The maximum absolute atomic E-state index is 11.3. The third-order valence-corrected chi connectivity index (χ3v) is 3.90. The molecule has 0 heterocycles. The van der Waals surface area contributed by atoms with E-state index in [1.807, 2.05) is 6.92 Å². The Labute approximate surface area is 79.4 Å². The largest absolute Gasteiger partial charge is 0.259 e. The van der Waals surface area contributed by atoms with Crippen LogP contribution in [0.4, 0.5) is 0 Å². The van der Waals surface area contributed by atoms with E-state index in [1.165, 1.54) is 25.7 Å². The van der Waals surface area contributed by atoms with E-state index in [9.17, 15) is 4.21 Å². The van der Waals surface area contributed by atoms with Crippen molar-refractivity contribution in [3.05, 3.63) is 0 Å². The molecule has 0 aromatic rings. The van der Waals surface area contributed by atoms with E-state index in [-0.39, 0.29) is 0 Å². The zero-order valence-corrected chi connectivity index (χ0v) is 9.45. The smallest absolute Gasteiger partial charge is 0.0319 e. The second-order valence-corrected chi connectivity index (χ2v) is 5.47. The molecule has 2 atom stereocenters. The van der Waals surface area contributed by atoms with Crippen molar-refractivity contribution in [3.63, 3.8) is 0 Å². The van der Waals surface area contributed by atoms with Gasteiger partial charge in [0, 0.05) is 21.8 Å². The van der Waals surface area contributed by atoms with Crippen molar-refractivity contribution in [2.75, 3.05) is 5.75 Å². The fraction of sp³-hybridized carbons (Fsp3) is 1.00. The predicted molar refractivity (Wildman–Crippen MR) is 56.9 cm³/mol. The molecule has 0 fully saturated rings. The third kappa shape index (κ3) is 5.76. The van der Waals surface area contributed by atoms with Crippen LogP contribution in [0, 0.1) is 0 Å². The summed E-state index contributed by atoms with van der Waals surface area (Å²) in [6.45, 7) is 6.32. The Kier molecular flexibility index (Phi) is 7.88. The van der Waals surface area contributed by atoms with Gasteiger partial charge in [0.2, 0.25) is 0 Å². The van der Waals surface area contributed by atoms with Crippen LogP contribution in [0.25, 0.3) is 0 Å². The summed E-state index contributed by atoms with van der Waals surface area (Å²) in [4.78, 5) is 0. The highest BCUT2D eigenvalue weighted by molar-refractivity contribution is 7.85. The van der Waals surface area contributed by atoms with Gasteiger partial charge in [-0.05, 0) is 6.42 Å². The third-order valence-electron chi connectivity index (χ3n) is 2.20. The Morgan fingerprint density at radius 2 is 1.83 bits per heavy atom. The summed E-state index contributed by atoms with van der Waals surface area (Å²) in [5.41, 5.74) is 0. The average Bonchev–Trinajstić information content (AvgIpc) is 2.10. The van der Waals surface area contributed by atoms with Crippen LogP contribution in [0.2, 0.25) is 0 Å². The fourth-order valence-corrected chi connectivity index (χ4v) is 2.27. The molecule has 2 heteroatoms. The lowest BCUT2D eigenvalue weighted by Gasteiger charge is -2.08. The van der Waals surface area contributed by atoms with Crippen LogP contribution in [0.15, 0.2) is 0 Å². The van der Waals surface area contributed by atoms with Gasteiger partial charge in [0.1, 0.15) is 0 Å². The molecule has 2 unspecified atom stereocenters. The van der Waals surface area contributed by atoms with E-state index < -0.39 is 10.8 Å². The molecule has 0 rings (SSSR count). The molecule has 0 aliphatic rings. The number of unbranched alkanes of at least 4 members (excludes halogenated alkanes) is 3. The molecule has 0 amide bonds. The van der Waals surface area contributed by atoms with E-state index in [4.69, 9.17) is 0 Å². The van der Waals surface area contributed by atoms with Gasteiger partial charge < -0.3 is 0 Å². The van der Waals surface area contributed by atoms with Gasteiger partial charge in [-0.3, -0.25) is 4.21 Å². The van der Waals surface area contributed by atoms with E-state index >= 15 is 0 Å². The Hall–Kier alpha value is 0.150. The molecule has 12 heavy (non-hydrogen) atoms. The summed E-state index contributed by atoms with van der Waals surface area (Å²) in [6, 6.07) is 0. The van der Waals surface area contributed by atoms with Crippen LogP contribution < -0.4 is 0 Å². The SMILES string of the molecule is CCCCCCC(C)S(=O)CC. The first-order valence-electron chi connectivity index (χ1n) is 5.09. The van der Waals surface area contributed by atoms with Gasteiger partial charge in [-0.15, -0.1) is 0 Å². The summed E-state index contributed by atoms with van der Waals surface area (Å²) < 4.78 is 11.3. The first-order valence-corrected chi connectivity index (χ1v) is 6.47. The highest BCUT2D eigenvalue weighted by Gasteiger charge is 2.07. The maximum Gasteiger partial charge on any atom is 0.0319 e. The minimum absolute atomic E-state index is 0.409. The van der Waals surface area contributed by atoms with Crippen LogP contribution in [-0.4, -0.2) is 15.2 Å². The molecule has 0 saturated carbocycles. The van der Waals surface area contributed by atoms with Gasteiger partial charge in [-0.25, -0.2) is 0 Å². The second-order valence-electron chi connectivity index (χ2n) is 3.33. The van der Waals surface area contributed by atoms with E-state index in [0.717, 1.165) is 12.2 Å². The monoisotopic (exact) mass is 190 g/mol. The zero-order chi connectivity index (χ0) is 9.40. The molecule has 0 aromatic carbocycles. The van der Waals surface area contributed by atoms with E-state index in [1.54, 1.807) is 0 Å². The van der Waals surface area contributed by atoms with Gasteiger partial charge in [0.25, 0.3) is 0 Å². The Bertz CT molecular complexity index is 123. The van der Waals surface area contributed by atoms with Gasteiger partial charge in [0.15, 0.2) is 0 Å². The molecule has 0 spiro atoms. The number of rotatable bonds is 7. The van der Waals surface area contributed by atoms with Gasteiger partial charge in [-0.1, -0.05) is 46.5 Å². The Balaban J connectivity index is 3.31. The molecule has 0 saturated heterocycles. The highest BCUT2D eigenvalue weighted by Crippen LogP contribution is 2.09. The zero-order valence-electron chi connectivity index (χ0n) is 8.64. The van der Waals surface area contributed by atoms with Crippen LogP contribution in [0.1, 0.15) is 52.9 Å². The molecule has 0 aliphatic heterocycles. The first-order chi connectivity index (χ1) is 5.72. The van der Waals surface area contributed by atoms with Gasteiger partial charge >= 0.3 is 0 Å². The van der Waals surface area contributed by atoms with Crippen LogP contribution in [-0.2, 0) is 10.8 Å². The van der Waals surface area contributed by atoms with Crippen molar-refractivity contribution in [1.29, 1.82) is 0 Å². The van der Waals surface area contributed by atoms with Gasteiger partial charge in [0.05, 0.1) is 0 Å². The normalized spacial score (nSPS) is 15.9. The van der Waals surface area contributed by atoms with Gasteiger partial charge in [-0.2, -0.15) is 0 Å². The summed E-state index contributed by atoms with van der Waals surface area (Å²) >= 11 is 0. The molecule has 0 bridgehead atoms. The Morgan fingerprint density at radius 3 is 2.33 bits per heavy atom. The van der Waals surface area contributed by atoms with Crippen molar-refractivity contribution in [2.24, 2.45) is 0 Å². The average molecular weight is 190 g/mol. The first kappa shape index (κ1) is 12.2. The highest BCUT2D eigenvalue weighted by atomic mass is 32.2. The molecule has 1 nitrogen and oxygen atoms in total. The van der Waals surface area contributed by atoms with Crippen molar-refractivity contribution in [2.45, 2.75) is 58.1 Å². The molecule has 74 valence electrons. The molecule has 0 aromatic heterocycles. The standard InChI is InChI=1S/C10H22OS/c1-4-6-7-8-9-10(3)12(11)5-2/h10H,4-9H2,1-3H3. The lowest BCUT2D eigenvalue weighted by molar-refractivity contribution is 0.615. The maximum atomic E-state index is 11.3. The molecule has 0 radical (unpaired) electrons.